The standard InChI is InChI=1S/C17H15NO3/c1-11-3-2-4-13(9-11)16(19)18-8-7-12-10-14(17(20)21)5-6-15(12)18/h2-6,9-10H,7-8H2,1H3,(H,20,21). The van der Waals surface area contributed by atoms with E-state index in [0.29, 0.717) is 18.5 Å². The number of hydrogen-bond donors (Lipinski definition) is 1. The molecule has 0 radical (unpaired) electrons. The predicted octanol–water partition coefficient (Wildman–Crippen LogP) is 2.90. The zero-order valence-electron chi connectivity index (χ0n) is 11.7. The van der Waals surface area contributed by atoms with Gasteiger partial charge in [-0.3, -0.25) is 4.79 Å². The second kappa shape index (κ2) is 5.05. The molecule has 1 aliphatic rings. The number of carboxylic acids is 1. The molecular weight excluding hydrogens is 266 g/mol. The molecule has 1 N–H and O–H groups in total. The molecule has 2 aromatic rings. The highest BCUT2D eigenvalue weighted by molar-refractivity contribution is 6.07. The first-order valence-corrected chi connectivity index (χ1v) is 6.81. The number of aromatic carboxylic acids is 1. The van der Waals surface area contributed by atoms with Gasteiger partial charge in [-0.15, -0.1) is 0 Å². The van der Waals surface area contributed by atoms with E-state index in [4.69, 9.17) is 5.11 Å². The van der Waals surface area contributed by atoms with Gasteiger partial charge in [-0.1, -0.05) is 17.7 Å². The van der Waals surface area contributed by atoms with E-state index in [1.54, 1.807) is 29.2 Å². The number of carbonyl (C=O) groups excluding carboxylic acids is 1. The van der Waals surface area contributed by atoms with Crippen molar-refractivity contribution in [2.45, 2.75) is 13.3 Å². The van der Waals surface area contributed by atoms with E-state index >= 15 is 0 Å². The van der Waals surface area contributed by atoms with E-state index in [1.807, 2.05) is 25.1 Å². The summed E-state index contributed by atoms with van der Waals surface area (Å²) < 4.78 is 0. The molecule has 0 atom stereocenters. The first-order valence-electron chi connectivity index (χ1n) is 6.81. The van der Waals surface area contributed by atoms with Crippen molar-refractivity contribution in [2.24, 2.45) is 0 Å². The van der Waals surface area contributed by atoms with Crippen LogP contribution in [0.4, 0.5) is 5.69 Å². The van der Waals surface area contributed by atoms with E-state index in [9.17, 15) is 9.59 Å². The monoisotopic (exact) mass is 281 g/mol. The Morgan fingerprint density at radius 3 is 2.62 bits per heavy atom. The summed E-state index contributed by atoms with van der Waals surface area (Å²) in [5.41, 5.74) is 3.69. The summed E-state index contributed by atoms with van der Waals surface area (Å²) in [7, 11) is 0. The van der Waals surface area contributed by atoms with Gasteiger partial charge in [0.15, 0.2) is 0 Å². The van der Waals surface area contributed by atoms with Crippen LogP contribution in [0.15, 0.2) is 42.5 Å². The summed E-state index contributed by atoms with van der Waals surface area (Å²) in [4.78, 5) is 25.3. The lowest BCUT2D eigenvalue weighted by molar-refractivity contribution is 0.0696. The number of benzene rings is 2. The minimum Gasteiger partial charge on any atom is -0.478 e. The van der Waals surface area contributed by atoms with Crippen LogP contribution in [-0.4, -0.2) is 23.5 Å². The summed E-state index contributed by atoms with van der Waals surface area (Å²) in [5, 5.41) is 9.02. The Bertz CT molecular complexity index is 737. The Kier molecular flexibility index (Phi) is 3.22. The quantitative estimate of drug-likeness (QED) is 0.920. The number of hydrogen-bond acceptors (Lipinski definition) is 2. The molecule has 3 rings (SSSR count). The maximum absolute atomic E-state index is 12.6. The van der Waals surface area contributed by atoms with E-state index < -0.39 is 5.97 Å². The van der Waals surface area contributed by atoms with Gasteiger partial charge in [-0.2, -0.15) is 0 Å². The molecule has 4 nitrogen and oxygen atoms in total. The maximum atomic E-state index is 12.6. The normalized spacial score (nSPS) is 13.1. The lowest BCUT2D eigenvalue weighted by Gasteiger charge is -2.17. The van der Waals surface area contributed by atoms with Gasteiger partial charge in [0.2, 0.25) is 0 Å². The molecule has 0 aromatic heterocycles. The summed E-state index contributed by atoms with van der Waals surface area (Å²) in [6.07, 6.45) is 0.689. The smallest absolute Gasteiger partial charge is 0.335 e. The van der Waals surface area contributed by atoms with E-state index in [2.05, 4.69) is 0 Å². The Hall–Kier alpha value is -2.62. The van der Waals surface area contributed by atoms with Gasteiger partial charge < -0.3 is 10.0 Å². The van der Waals surface area contributed by atoms with Crippen molar-refractivity contribution in [1.29, 1.82) is 0 Å². The lowest BCUT2D eigenvalue weighted by Crippen LogP contribution is -2.28. The Morgan fingerprint density at radius 2 is 1.90 bits per heavy atom. The first kappa shape index (κ1) is 13.4. The van der Waals surface area contributed by atoms with Crippen LogP contribution in [-0.2, 0) is 6.42 Å². The van der Waals surface area contributed by atoms with Crippen LogP contribution in [0.1, 0.15) is 31.8 Å². The molecule has 0 spiro atoms. The van der Waals surface area contributed by atoms with Crippen molar-refractivity contribution in [3.05, 3.63) is 64.7 Å². The molecule has 0 saturated heterocycles. The number of carbonyl (C=O) groups is 2. The van der Waals surface area contributed by atoms with Crippen LogP contribution in [0.25, 0.3) is 0 Å². The van der Waals surface area contributed by atoms with Gasteiger partial charge in [0, 0.05) is 17.8 Å². The van der Waals surface area contributed by atoms with Crippen molar-refractivity contribution < 1.29 is 14.7 Å². The molecule has 0 aliphatic carbocycles. The fourth-order valence-corrected chi connectivity index (χ4v) is 2.68. The third-order valence-electron chi connectivity index (χ3n) is 3.73. The summed E-state index contributed by atoms with van der Waals surface area (Å²) in [6, 6.07) is 12.4. The van der Waals surface area contributed by atoms with Crippen LogP contribution >= 0.6 is 0 Å². The van der Waals surface area contributed by atoms with Gasteiger partial charge in [-0.25, -0.2) is 4.79 Å². The molecule has 0 fully saturated rings. The van der Waals surface area contributed by atoms with Crippen LogP contribution in [0.5, 0.6) is 0 Å². The third-order valence-corrected chi connectivity index (χ3v) is 3.73. The van der Waals surface area contributed by atoms with Gasteiger partial charge in [0.05, 0.1) is 5.56 Å². The summed E-state index contributed by atoms with van der Waals surface area (Å²) >= 11 is 0. The highest BCUT2D eigenvalue weighted by Gasteiger charge is 2.26. The molecule has 0 bridgehead atoms. The van der Waals surface area contributed by atoms with Crippen molar-refractivity contribution in [1.82, 2.24) is 0 Å². The molecular formula is C17H15NO3. The Labute approximate surface area is 122 Å². The zero-order chi connectivity index (χ0) is 15.0. The van der Waals surface area contributed by atoms with Crippen molar-refractivity contribution in [3.63, 3.8) is 0 Å². The van der Waals surface area contributed by atoms with Crippen LogP contribution in [0.3, 0.4) is 0 Å². The SMILES string of the molecule is Cc1cccc(C(=O)N2CCc3cc(C(=O)O)ccc32)c1. The molecule has 21 heavy (non-hydrogen) atoms. The van der Waals surface area contributed by atoms with E-state index in [-0.39, 0.29) is 11.5 Å². The van der Waals surface area contributed by atoms with E-state index in [1.165, 1.54) is 0 Å². The van der Waals surface area contributed by atoms with Crippen LogP contribution in [0, 0.1) is 6.92 Å². The van der Waals surface area contributed by atoms with E-state index in [0.717, 1.165) is 16.8 Å². The molecule has 1 amide bonds. The predicted molar refractivity (Wildman–Crippen MR) is 80.0 cm³/mol. The number of carboxylic acid groups (broad SMARTS) is 1. The molecule has 2 aromatic carbocycles. The van der Waals surface area contributed by atoms with Crippen molar-refractivity contribution >= 4 is 17.6 Å². The van der Waals surface area contributed by atoms with Gasteiger partial charge in [0.1, 0.15) is 0 Å². The third kappa shape index (κ3) is 2.40. The molecule has 4 heteroatoms. The van der Waals surface area contributed by atoms with Crippen LogP contribution < -0.4 is 4.90 Å². The summed E-state index contributed by atoms with van der Waals surface area (Å²) in [5.74, 6) is -0.984. The Morgan fingerprint density at radius 1 is 1.10 bits per heavy atom. The number of nitrogens with zero attached hydrogens (tertiary/aromatic N) is 1. The van der Waals surface area contributed by atoms with Gasteiger partial charge in [0.25, 0.3) is 5.91 Å². The first-order chi connectivity index (χ1) is 10.1. The highest BCUT2D eigenvalue weighted by Crippen LogP contribution is 2.30. The van der Waals surface area contributed by atoms with Gasteiger partial charge >= 0.3 is 5.97 Å². The largest absolute Gasteiger partial charge is 0.478 e. The fraction of sp³-hybridized carbons (Fsp3) is 0.176. The minimum atomic E-state index is -0.943. The number of aryl methyl sites for hydroxylation is 1. The second-order valence-corrected chi connectivity index (χ2v) is 5.22. The molecule has 1 aliphatic heterocycles. The van der Waals surface area contributed by atoms with Crippen LogP contribution in [0.2, 0.25) is 0 Å². The van der Waals surface area contributed by atoms with Crippen molar-refractivity contribution in [3.8, 4) is 0 Å². The molecule has 0 saturated carbocycles. The lowest BCUT2D eigenvalue weighted by atomic mass is 10.1. The second-order valence-electron chi connectivity index (χ2n) is 5.22. The number of rotatable bonds is 2. The molecule has 106 valence electrons. The molecule has 1 heterocycles. The average molecular weight is 281 g/mol. The number of anilines is 1. The zero-order valence-corrected chi connectivity index (χ0v) is 11.7. The van der Waals surface area contributed by atoms with Crippen molar-refractivity contribution in [2.75, 3.05) is 11.4 Å². The average Bonchev–Trinajstić information content (AvgIpc) is 2.89. The Balaban J connectivity index is 1.94. The maximum Gasteiger partial charge on any atom is 0.335 e. The van der Waals surface area contributed by atoms with Gasteiger partial charge in [-0.05, 0) is 49.2 Å². The number of fused-ring (bicyclic) bond motifs is 1. The highest BCUT2D eigenvalue weighted by atomic mass is 16.4. The minimum absolute atomic E-state index is 0.0412. The summed E-state index contributed by atoms with van der Waals surface area (Å²) in [6.45, 7) is 2.54. The fourth-order valence-electron chi connectivity index (χ4n) is 2.68. The topological polar surface area (TPSA) is 57.6 Å². The molecule has 0 unspecified atom stereocenters. The number of amides is 1.